The number of nitrogens with zero attached hydrogens (tertiary/aromatic N) is 3. The molecule has 1 aromatic rings. The number of rotatable bonds is 4. The standard InChI is InChI=1S/C12H15N5O4/c1-3-21-12(20)7-6-13-17(2)10(7)14-11(19)8-4-5-9(18)16-15-8/h6H,3-5H2,1-2H3,(H,14,19)(H,16,18). The summed E-state index contributed by atoms with van der Waals surface area (Å²) in [5.41, 5.74) is 2.59. The van der Waals surface area contributed by atoms with Crippen molar-refractivity contribution in [1.29, 1.82) is 0 Å². The minimum atomic E-state index is -0.570. The molecule has 0 unspecified atom stereocenters. The summed E-state index contributed by atoms with van der Waals surface area (Å²) in [4.78, 5) is 34.8. The predicted molar refractivity (Wildman–Crippen MR) is 72.6 cm³/mol. The summed E-state index contributed by atoms with van der Waals surface area (Å²) in [6.07, 6.45) is 1.75. The lowest BCUT2D eigenvalue weighted by Crippen LogP contribution is -2.33. The molecule has 9 heteroatoms. The fourth-order valence-corrected chi connectivity index (χ4v) is 1.76. The van der Waals surface area contributed by atoms with Crippen molar-refractivity contribution in [3.05, 3.63) is 11.8 Å². The van der Waals surface area contributed by atoms with Crippen LogP contribution in [0, 0.1) is 0 Å². The van der Waals surface area contributed by atoms with Crippen molar-refractivity contribution in [2.75, 3.05) is 11.9 Å². The van der Waals surface area contributed by atoms with Crippen LogP contribution in [-0.2, 0) is 21.4 Å². The van der Waals surface area contributed by atoms with Gasteiger partial charge in [-0.1, -0.05) is 0 Å². The highest BCUT2D eigenvalue weighted by Gasteiger charge is 2.23. The fourth-order valence-electron chi connectivity index (χ4n) is 1.76. The van der Waals surface area contributed by atoms with E-state index in [1.54, 1.807) is 14.0 Å². The van der Waals surface area contributed by atoms with Crippen LogP contribution < -0.4 is 10.7 Å². The molecule has 0 saturated carbocycles. The van der Waals surface area contributed by atoms with Crippen LogP contribution in [0.1, 0.15) is 30.1 Å². The third-order valence-corrected chi connectivity index (χ3v) is 2.83. The zero-order valence-corrected chi connectivity index (χ0v) is 11.7. The molecule has 0 aliphatic carbocycles. The Morgan fingerprint density at radius 1 is 1.48 bits per heavy atom. The van der Waals surface area contributed by atoms with Crippen LogP contribution in [0.4, 0.5) is 5.82 Å². The van der Waals surface area contributed by atoms with Crippen LogP contribution >= 0.6 is 0 Å². The maximum absolute atomic E-state index is 12.1. The number of aromatic nitrogens is 2. The molecule has 112 valence electrons. The van der Waals surface area contributed by atoms with Crippen molar-refractivity contribution in [3.63, 3.8) is 0 Å². The first kappa shape index (κ1) is 14.7. The molecule has 0 aromatic carbocycles. The molecule has 2 rings (SSSR count). The highest BCUT2D eigenvalue weighted by Crippen LogP contribution is 2.16. The van der Waals surface area contributed by atoms with Gasteiger partial charge in [-0.3, -0.25) is 14.3 Å². The third kappa shape index (κ3) is 3.25. The maximum atomic E-state index is 12.1. The lowest BCUT2D eigenvalue weighted by molar-refractivity contribution is -0.121. The van der Waals surface area contributed by atoms with Gasteiger partial charge in [0.1, 0.15) is 17.1 Å². The Balaban J connectivity index is 2.16. The second-order valence-electron chi connectivity index (χ2n) is 4.30. The monoisotopic (exact) mass is 293 g/mol. The SMILES string of the molecule is CCOC(=O)c1cnn(C)c1NC(=O)C1=NNC(=O)CC1. The molecule has 0 radical (unpaired) electrons. The number of nitrogens with one attached hydrogen (secondary N) is 2. The number of hydrogen-bond acceptors (Lipinski definition) is 6. The van der Waals surface area contributed by atoms with Gasteiger partial charge in [0, 0.05) is 19.9 Å². The first-order valence-electron chi connectivity index (χ1n) is 6.38. The van der Waals surface area contributed by atoms with Crippen molar-refractivity contribution >= 4 is 29.3 Å². The van der Waals surface area contributed by atoms with Crippen LogP contribution in [0.25, 0.3) is 0 Å². The average Bonchev–Trinajstić information content (AvgIpc) is 2.81. The average molecular weight is 293 g/mol. The Morgan fingerprint density at radius 3 is 2.86 bits per heavy atom. The first-order chi connectivity index (χ1) is 10.0. The van der Waals surface area contributed by atoms with Crippen molar-refractivity contribution < 1.29 is 19.1 Å². The van der Waals surface area contributed by atoms with Gasteiger partial charge in [0.15, 0.2) is 0 Å². The molecule has 0 bridgehead atoms. The smallest absolute Gasteiger partial charge is 0.343 e. The van der Waals surface area contributed by atoms with Gasteiger partial charge in [-0.25, -0.2) is 10.2 Å². The summed E-state index contributed by atoms with van der Waals surface area (Å²) < 4.78 is 6.25. The Bertz CT molecular complexity index is 619. The molecule has 1 aromatic heterocycles. The van der Waals surface area contributed by atoms with Crippen LogP contribution in [0.5, 0.6) is 0 Å². The molecule has 9 nitrogen and oxygen atoms in total. The van der Waals surface area contributed by atoms with Crippen LogP contribution in [0.2, 0.25) is 0 Å². The van der Waals surface area contributed by atoms with Gasteiger partial charge < -0.3 is 10.1 Å². The van der Waals surface area contributed by atoms with E-state index in [1.165, 1.54) is 10.9 Å². The molecule has 2 N–H and O–H groups in total. The zero-order chi connectivity index (χ0) is 15.4. The Morgan fingerprint density at radius 2 is 2.24 bits per heavy atom. The van der Waals surface area contributed by atoms with Crippen LogP contribution in [-0.4, -0.2) is 39.9 Å². The molecule has 0 atom stereocenters. The van der Waals surface area contributed by atoms with E-state index in [2.05, 4.69) is 20.9 Å². The quantitative estimate of drug-likeness (QED) is 0.746. The molecular weight excluding hydrogens is 278 g/mol. The molecule has 2 amide bonds. The third-order valence-electron chi connectivity index (χ3n) is 2.83. The molecular formula is C12H15N5O4. The summed E-state index contributed by atoms with van der Waals surface area (Å²) in [7, 11) is 1.59. The van der Waals surface area contributed by atoms with Crippen LogP contribution in [0.3, 0.4) is 0 Å². The Hall–Kier alpha value is -2.71. The van der Waals surface area contributed by atoms with Gasteiger partial charge in [-0.05, 0) is 6.92 Å². The first-order valence-corrected chi connectivity index (χ1v) is 6.38. The maximum Gasteiger partial charge on any atom is 0.343 e. The highest BCUT2D eigenvalue weighted by atomic mass is 16.5. The van der Waals surface area contributed by atoms with E-state index < -0.39 is 11.9 Å². The van der Waals surface area contributed by atoms with Crippen molar-refractivity contribution in [1.82, 2.24) is 15.2 Å². The minimum Gasteiger partial charge on any atom is -0.462 e. The van der Waals surface area contributed by atoms with Crippen molar-refractivity contribution in [2.45, 2.75) is 19.8 Å². The molecule has 0 saturated heterocycles. The van der Waals surface area contributed by atoms with E-state index in [4.69, 9.17) is 4.74 Å². The lowest BCUT2D eigenvalue weighted by atomic mass is 10.1. The number of esters is 1. The van der Waals surface area contributed by atoms with Crippen LogP contribution in [0.15, 0.2) is 11.3 Å². The summed E-state index contributed by atoms with van der Waals surface area (Å²) in [5, 5.41) is 10.2. The molecule has 0 fully saturated rings. The predicted octanol–water partition coefficient (Wildman–Crippen LogP) is -0.199. The number of anilines is 1. The van der Waals surface area contributed by atoms with E-state index >= 15 is 0 Å². The van der Waals surface area contributed by atoms with Gasteiger partial charge >= 0.3 is 5.97 Å². The molecule has 2 heterocycles. The van der Waals surface area contributed by atoms with Crippen molar-refractivity contribution in [3.8, 4) is 0 Å². The van der Waals surface area contributed by atoms with E-state index in [-0.39, 0.29) is 42.4 Å². The summed E-state index contributed by atoms with van der Waals surface area (Å²) in [6, 6.07) is 0. The zero-order valence-electron chi connectivity index (χ0n) is 11.7. The van der Waals surface area contributed by atoms with Gasteiger partial charge in [0.2, 0.25) is 5.91 Å². The Labute approximate surface area is 120 Å². The fraction of sp³-hybridized carbons (Fsp3) is 0.417. The highest BCUT2D eigenvalue weighted by molar-refractivity contribution is 6.43. The molecule has 1 aliphatic heterocycles. The normalized spacial score (nSPS) is 14.2. The number of hydrogen-bond donors (Lipinski definition) is 2. The number of ether oxygens (including phenoxy) is 1. The minimum absolute atomic E-state index is 0.160. The summed E-state index contributed by atoms with van der Waals surface area (Å²) in [6.45, 7) is 1.91. The van der Waals surface area contributed by atoms with E-state index in [0.29, 0.717) is 0 Å². The number of aryl methyl sites for hydroxylation is 1. The number of hydrazone groups is 1. The summed E-state index contributed by atoms with van der Waals surface area (Å²) in [5.74, 6) is -1.08. The Kier molecular flexibility index (Phi) is 4.31. The number of carbonyl (C=O) groups excluding carboxylic acids is 3. The van der Waals surface area contributed by atoms with Gasteiger partial charge in [0.05, 0.1) is 12.8 Å². The second kappa shape index (κ2) is 6.16. The second-order valence-corrected chi connectivity index (χ2v) is 4.30. The molecule has 0 spiro atoms. The lowest BCUT2D eigenvalue weighted by Gasteiger charge is -2.12. The number of carbonyl (C=O) groups is 3. The van der Waals surface area contributed by atoms with Crippen molar-refractivity contribution in [2.24, 2.45) is 12.1 Å². The van der Waals surface area contributed by atoms with E-state index in [0.717, 1.165) is 0 Å². The van der Waals surface area contributed by atoms with Gasteiger partial charge in [-0.2, -0.15) is 10.2 Å². The largest absolute Gasteiger partial charge is 0.462 e. The topological polar surface area (TPSA) is 115 Å². The molecule has 1 aliphatic rings. The summed E-state index contributed by atoms with van der Waals surface area (Å²) >= 11 is 0. The van der Waals surface area contributed by atoms with E-state index in [9.17, 15) is 14.4 Å². The number of amides is 2. The van der Waals surface area contributed by atoms with E-state index in [1.807, 2.05) is 0 Å². The van der Waals surface area contributed by atoms with Gasteiger partial charge in [0.25, 0.3) is 5.91 Å². The molecule has 21 heavy (non-hydrogen) atoms. The van der Waals surface area contributed by atoms with Gasteiger partial charge in [-0.15, -0.1) is 0 Å².